The molecule has 14 rings (SSSR count). The van der Waals surface area contributed by atoms with Gasteiger partial charge >= 0.3 is 0 Å². The SMILES string of the molecule is c1ccc2cc(-c3cc(-c4ccc5ccccc5c4)nc(-n4c5ccccc5c5cc(-c6ccc7c(c6)c6ccccc6n7-c6cc7ccccc7c7ccccc67)ccc54)n3)ccc2c1. The van der Waals surface area contributed by atoms with Gasteiger partial charge in [-0.15, -0.1) is 0 Å². The molecule has 0 amide bonds. The Balaban J connectivity index is 0.952. The lowest BCUT2D eigenvalue weighted by molar-refractivity contribution is 0.996. The van der Waals surface area contributed by atoms with Crippen molar-refractivity contribution in [3.8, 4) is 45.3 Å². The summed E-state index contributed by atoms with van der Waals surface area (Å²) in [6.07, 6.45) is 0. The Bertz CT molecular complexity index is 4210. The first kappa shape index (κ1) is 36.6. The van der Waals surface area contributed by atoms with Crippen LogP contribution in [-0.2, 0) is 0 Å². The molecular weight excluding hydrogens is 801 g/mol. The second-order valence-corrected chi connectivity index (χ2v) is 17.4. The van der Waals surface area contributed by atoms with Crippen molar-refractivity contribution in [2.75, 3.05) is 0 Å². The zero-order chi connectivity index (χ0) is 43.3. The molecule has 0 unspecified atom stereocenters. The maximum absolute atomic E-state index is 5.40. The molecule has 4 heteroatoms. The van der Waals surface area contributed by atoms with E-state index in [9.17, 15) is 0 Å². The summed E-state index contributed by atoms with van der Waals surface area (Å²) >= 11 is 0. The van der Waals surface area contributed by atoms with E-state index >= 15 is 0 Å². The van der Waals surface area contributed by atoms with Crippen molar-refractivity contribution >= 4 is 86.7 Å². The Morgan fingerprint density at radius 1 is 0.242 bits per heavy atom. The van der Waals surface area contributed by atoms with Crippen LogP contribution in [0.4, 0.5) is 0 Å². The highest BCUT2D eigenvalue weighted by Crippen LogP contribution is 2.41. The van der Waals surface area contributed by atoms with Gasteiger partial charge in [0.15, 0.2) is 0 Å². The van der Waals surface area contributed by atoms with E-state index in [1.165, 1.54) is 76.1 Å². The van der Waals surface area contributed by atoms with Crippen LogP contribution in [0.2, 0.25) is 0 Å². The van der Waals surface area contributed by atoms with E-state index in [4.69, 9.17) is 9.97 Å². The molecule has 14 aromatic rings. The van der Waals surface area contributed by atoms with Gasteiger partial charge in [-0.25, -0.2) is 9.97 Å². The Hall–Kier alpha value is -8.86. The maximum atomic E-state index is 5.40. The van der Waals surface area contributed by atoms with Crippen LogP contribution in [0.3, 0.4) is 0 Å². The van der Waals surface area contributed by atoms with Crippen molar-refractivity contribution in [2.24, 2.45) is 0 Å². The molecule has 11 aromatic carbocycles. The number of benzene rings is 11. The van der Waals surface area contributed by atoms with E-state index in [2.05, 4.69) is 240 Å². The smallest absolute Gasteiger partial charge is 0.235 e. The minimum Gasteiger partial charge on any atom is -0.309 e. The minimum absolute atomic E-state index is 0.637. The minimum atomic E-state index is 0.637. The maximum Gasteiger partial charge on any atom is 0.235 e. The monoisotopic (exact) mass is 838 g/mol. The fourth-order valence-electron chi connectivity index (χ4n) is 10.5. The molecule has 0 spiro atoms. The topological polar surface area (TPSA) is 35.6 Å². The van der Waals surface area contributed by atoms with E-state index in [0.717, 1.165) is 49.9 Å². The fraction of sp³-hybridized carbons (Fsp3) is 0. The number of hydrogen-bond acceptors (Lipinski definition) is 2. The van der Waals surface area contributed by atoms with Crippen LogP contribution in [0.1, 0.15) is 0 Å². The number of nitrogens with zero attached hydrogens (tertiary/aromatic N) is 4. The summed E-state index contributed by atoms with van der Waals surface area (Å²) in [5.74, 6) is 0.637. The molecule has 0 fully saturated rings. The quantitative estimate of drug-likeness (QED) is 0.162. The van der Waals surface area contributed by atoms with Crippen LogP contribution in [-0.4, -0.2) is 19.1 Å². The zero-order valence-electron chi connectivity index (χ0n) is 35.7. The largest absolute Gasteiger partial charge is 0.309 e. The van der Waals surface area contributed by atoms with Crippen LogP contribution in [0.25, 0.3) is 132 Å². The third-order valence-electron chi connectivity index (χ3n) is 13.7. The Labute approximate surface area is 379 Å². The summed E-state index contributed by atoms with van der Waals surface area (Å²) in [6, 6.07) is 83.5. The van der Waals surface area contributed by atoms with Crippen LogP contribution in [0.5, 0.6) is 0 Å². The first-order valence-electron chi connectivity index (χ1n) is 22.6. The number of rotatable bonds is 5. The Kier molecular flexibility index (Phi) is 7.95. The molecule has 4 nitrogen and oxygen atoms in total. The van der Waals surface area contributed by atoms with E-state index in [1.54, 1.807) is 0 Å². The lowest BCUT2D eigenvalue weighted by Gasteiger charge is -2.14. The summed E-state index contributed by atoms with van der Waals surface area (Å²) in [7, 11) is 0. The van der Waals surface area contributed by atoms with Crippen LogP contribution >= 0.6 is 0 Å². The Morgan fingerprint density at radius 2 is 0.667 bits per heavy atom. The van der Waals surface area contributed by atoms with Crippen molar-refractivity contribution in [3.05, 3.63) is 231 Å². The molecule has 0 atom stereocenters. The van der Waals surface area contributed by atoms with Crippen LogP contribution < -0.4 is 0 Å². The lowest BCUT2D eigenvalue weighted by Crippen LogP contribution is -2.04. The van der Waals surface area contributed by atoms with Gasteiger partial charge < -0.3 is 4.57 Å². The first-order chi connectivity index (χ1) is 32.7. The van der Waals surface area contributed by atoms with Crippen molar-refractivity contribution in [1.29, 1.82) is 0 Å². The molecule has 0 saturated carbocycles. The highest BCUT2D eigenvalue weighted by atomic mass is 15.2. The van der Waals surface area contributed by atoms with E-state index in [-0.39, 0.29) is 0 Å². The molecule has 0 N–H and O–H groups in total. The van der Waals surface area contributed by atoms with Crippen molar-refractivity contribution in [2.45, 2.75) is 0 Å². The normalized spacial score (nSPS) is 11.9. The summed E-state index contributed by atoms with van der Waals surface area (Å²) in [5.41, 5.74) is 11.9. The standard InChI is InChI=1S/C62H38N4/c1-3-15-41-33-46(27-25-39(41)13-1)55-38-56(47-28-26-40-14-2-4-16-42(40)34-47)64-62(63-55)66-58-24-12-10-22-52(58)54-36-44(30-32-60(54)66)43-29-31-59-53(35-43)51-21-9-11-23-57(51)65(59)61-37-45-17-5-6-18-48(45)49-19-7-8-20-50(49)61/h1-38H. The number of hydrogen-bond donors (Lipinski definition) is 0. The van der Waals surface area contributed by atoms with Gasteiger partial charge in [-0.05, 0) is 109 Å². The zero-order valence-corrected chi connectivity index (χ0v) is 35.7. The number of para-hydroxylation sites is 2. The number of aromatic nitrogens is 4. The fourth-order valence-corrected chi connectivity index (χ4v) is 10.5. The molecule has 0 aliphatic heterocycles. The predicted molar refractivity (Wildman–Crippen MR) is 277 cm³/mol. The molecule has 0 saturated heterocycles. The molecule has 3 heterocycles. The second-order valence-electron chi connectivity index (χ2n) is 17.4. The highest BCUT2D eigenvalue weighted by Gasteiger charge is 2.20. The van der Waals surface area contributed by atoms with Crippen LogP contribution in [0, 0.1) is 0 Å². The van der Waals surface area contributed by atoms with E-state index in [1.807, 2.05) is 0 Å². The van der Waals surface area contributed by atoms with Gasteiger partial charge in [0, 0.05) is 38.1 Å². The molecule has 3 aromatic heterocycles. The average Bonchev–Trinajstić information content (AvgIpc) is 3.90. The van der Waals surface area contributed by atoms with Gasteiger partial charge in [0.1, 0.15) is 0 Å². The summed E-state index contributed by atoms with van der Waals surface area (Å²) in [6.45, 7) is 0. The van der Waals surface area contributed by atoms with Crippen LogP contribution in [0.15, 0.2) is 231 Å². The lowest BCUT2D eigenvalue weighted by atomic mass is 9.99. The van der Waals surface area contributed by atoms with Crippen molar-refractivity contribution in [3.63, 3.8) is 0 Å². The van der Waals surface area contributed by atoms with Gasteiger partial charge in [0.2, 0.25) is 5.95 Å². The average molecular weight is 839 g/mol. The molecule has 0 radical (unpaired) electrons. The highest BCUT2D eigenvalue weighted by molar-refractivity contribution is 6.16. The molecule has 0 bridgehead atoms. The summed E-state index contributed by atoms with van der Waals surface area (Å²) in [5, 5.41) is 14.5. The van der Waals surface area contributed by atoms with Gasteiger partial charge in [0.25, 0.3) is 0 Å². The third kappa shape index (κ3) is 5.65. The van der Waals surface area contributed by atoms with Gasteiger partial charge in [-0.1, -0.05) is 170 Å². The van der Waals surface area contributed by atoms with Gasteiger partial charge in [0.05, 0.1) is 39.1 Å². The van der Waals surface area contributed by atoms with Gasteiger partial charge in [-0.3, -0.25) is 4.57 Å². The molecule has 0 aliphatic rings. The summed E-state index contributed by atoms with van der Waals surface area (Å²) in [4.78, 5) is 10.8. The van der Waals surface area contributed by atoms with E-state index < -0.39 is 0 Å². The molecule has 0 aliphatic carbocycles. The van der Waals surface area contributed by atoms with Gasteiger partial charge in [-0.2, -0.15) is 0 Å². The first-order valence-corrected chi connectivity index (χ1v) is 22.6. The van der Waals surface area contributed by atoms with Crippen molar-refractivity contribution < 1.29 is 0 Å². The predicted octanol–water partition coefficient (Wildman–Crippen LogP) is 16.3. The second kappa shape index (κ2) is 14.3. The van der Waals surface area contributed by atoms with E-state index in [0.29, 0.717) is 5.95 Å². The summed E-state index contributed by atoms with van der Waals surface area (Å²) < 4.78 is 4.70. The molecule has 66 heavy (non-hydrogen) atoms. The van der Waals surface area contributed by atoms with Crippen molar-refractivity contribution in [1.82, 2.24) is 19.1 Å². The molecular formula is C62H38N4. The number of fused-ring (bicyclic) bond motifs is 11. The Morgan fingerprint density at radius 3 is 1.26 bits per heavy atom. The molecule has 306 valence electrons. The third-order valence-corrected chi connectivity index (χ3v) is 13.7.